The van der Waals surface area contributed by atoms with Gasteiger partial charge < -0.3 is 5.11 Å². The van der Waals surface area contributed by atoms with Gasteiger partial charge in [0.15, 0.2) is 0 Å². The molecule has 0 aliphatic carbocycles. The van der Waals surface area contributed by atoms with E-state index in [0.29, 0.717) is 10.4 Å². The van der Waals surface area contributed by atoms with Gasteiger partial charge in [0.05, 0.1) is 0 Å². The highest BCUT2D eigenvalue weighted by Gasteiger charge is 2.16. The van der Waals surface area contributed by atoms with Crippen molar-refractivity contribution < 1.29 is 9.90 Å². The molecule has 100 valence electrons. The monoisotopic (exact) mass is 280 g/mol. The standard InChI is InChI=1S/C12H12N2O4S/c1-3-4-5-13-9(15)7(2)10-14(12(13)18)6-8(19-10)11(16)17/h3-4,6H,5H2,1-2H3,(H,16,17). The van der Waals surface area contributed by atoms with E-state index in [9.17, 15) is 14.4 Å². The molecule has 0 fully saturated rings. The summed E-state index contributed by atoms with van der Waals surface area (Å²) < 4.78 is 2.30. The number of carbonyl (C=O) groups is 1. The number of hydrogen-bond donors (Lipinski definition) is 1. The first-order valence-corrected chi connectivity index (χ1v) is 6.39. The zero-order chi connectivity index (χ0) is 14.2. The molecule has 2 heterocycles. The molecule has 19 heavy (non-hydrogen) atoms. The van der Waals surface area contributed by atoms with E-state index < -0.39 is 11.7 Å². The normalized spacial score (nSPS) is 11.5. The van der Waals surface area contributed by atoms with Crippen LogP contribution in [0, 0.1) is 6.92 Å². The fraction of sp³-hybridized carbons (Fsp3) is 0.250. The maximum absolute atomic E-state index is 12.1. The Balaban J connectivity index is 2.84. The van der Waals surface area contributed by atoms with Crippen LogP contribution in [-0.2, 0) is 6.54 Å². The summed E-state index contributed by atoms with van der Waals surface area (Å²) in [6.07, 6.45) is 4.69. The Labute approximate surface area is 111 Å². The van der Waals surface area contributed by atoms with Crippen molar-refractivity contribution in [2.24, 2.45) is 0 Å². The van der Waals surface area contributed by atoms with Crippen LogP contribution < -0.4 is 11.2 Å². The average molecular weight is 280 g/mol. The van der Waals surface area contributed by atoms with Gasteiger partial charge in [-0.3, -0.25) is 13.8 Å². The number of aromatic carboxylic acids is 1. The number of nitrogens with zero attached hydrogens (tertiary/aromatic N) is 2. The van der Waals surface area contributed by atoms with Crippen molar-refractivity contribution in [3.63, 3.8) is 0 Å². The average Bonchev–Trinajstić information content (AvgIpc) is 2.82. The first-order chi connectivity index (χ1) is 8.97. The second-order valence-electron chi connectivity index (χ2n) is 3.97. The molecule has 0 saturated heterocycles. The van der Waals surface area contributed by atoms with Crippen molar-refractivity contribution in [3.05, 3.63) is 49.6 Å². The van der Waals surface area contributed by atoms with E-state index in [2.05, 4.69) is 0 Å². The van der Waals surface area contributed by atoms with E-state index in [1.165, 1.54) is 10.6 Å². The quantitative estimate of drug-likeness (QED) is 0.854. The first kappa shape index (κ1) is 13.3. The first-order valence-electron chi connectivity index (χ1n) is 5.57. The topological polar surface area (TPSA) is 80.8 Å². The Morgan fingerprint density at radius 3 is 2.74 bits per heavy atom. The van der Waals surface area contributed by atoms with Crippen LogP contribution in [0.4, 0.5) is 0 Å². The van der Waals surface area contributed by atoms with Crippen LogP contribution >= 0.6 is 11.3 Å². The van der Waals surface area contributed by atoms with Gasteiger partial charge in [0.25, 0.3) is 5.56 Å². The second kappa shape index (κ2) is 4.85. The number of thiazole rings is 1. The van der Waals surface area contributed by atoms with E-state index >= 15 is 0 Å². The maximum Gasteiger partial charge on any atom is 0.347 e. The summed E-state index contributed by atoms with van der Waals surface area (Å²) in [6.45, 7) is 3.56. The van der Waals surface area contributed by atoms with Gasteiger partial charge >= 0.3 is 11.7 Å². The van der Waals surface area contributed by atoms with Crippen LogP contribution in [0.25, 0.3) is 4.83 Å². The molecule has 0 unspecified atom stereocenters. The Bertz CT molecular complexity index is 794. The van der Waals surface area contributed by atoms with Crippen LogP contribution in [0.5, 0.6) is 0 Å². The molecule has 0 atom stereocenters. The van der Waals surface area contributed by atoms with Crippen molar-refractivity contribution >= 4 is 22.1 Å². The van der Waals surface area contributed by atoms with Crippen LogP contribution in [0.1, 0.15) is 22.2 Å². The van der Waals surface area contributed by atoms with Crippen molar-refractivity contribution in [2.45, 2.75) is 20.4 Å². The van der Waals surface area contributed by atoms with Gasteiger partial charge in [0.1, 0.15) is 9.71 Å². The third-order valence-corrected chi connectivity index (χ3v) is 3.93. The van der Waals surface area contributed by atoms with Crippen LogP contribution in [-0.4, -0.2) is 20.0 Å². The lowest BCUT2D eigenvalue weighted by molar-refractivity contribution is 0.0701. The highest BCUT2D eigenvalue weighted by Crippen LogP contribution is 2.17. The number of carboxylic acids is 1. The largest absolute Gasteiger partial charge is 0.477 e. The molecular formula is C12H12N2O4S. The highest BCUT2D eigenvalue weighted by molar-refractivity contribution is 7.19. The van der Waals surface area contributed by atoms with Gasteiger partial charge in [-0.2, -0.15) is 0 Å². The molecule has 0 aromatic carbocycles. The van der Waals surface area contributed by atoms with Gasteiger partial charge in [-0.15, -0.1) is 11.3 Å². The fourth-order valence-electron chi connectivity index (χ4n) is 1.74. The lowest BCUT2D eigenvalue weighted by atomic mass is 10.3. The summed E-state index contributed by atoms with van der Waals surface area (Å²) in [4.78, 5) is 35.6. The SMILES string of the molecule is CC=CCn1c(=O)c(C)c2sc(C(=O)O)cn2c1=O. The molecule has 2 aromatic heterocycles. The van der Waals surface area contributed by atoms with Crippen molar-refractivity contribution in [1.29, 1.82) is 0 Å². The van der Waals surface area contributed by atoms with Gasteiger partial charge in [-0.25, -0.2) is 9.59 Å². The molecule has 1 N–H and O–H groups in total. The van der Waals surface area contributed by atoms with Crippen molar-refractivity contribution in [2.75, 3.05) is 0 Å². The zero-order valence-electron chi connectivity index (χ0n) is 10.4. The summed E-state index contributed by atoms with van der Waals surface area (Å²) in [5.41, 5.74) is -0.532. The molecule has 0 spiro atoms. The lowest BCUT2D eigenvalue weighted by Crippen LogP contribution is -2.37. The van der Waals surface area contributed by atoms with E-state index in [-0.39, 0.29) is 17.0 Å². The van der Waals surface area contributed by atoms with E-state index in [4.69, 9.17) is 5.11 Å². The number of fused-ring (bicyclic) bond motifs is 1. The fourth-order valence-corrected chi connectivity index (χ4v) is 2.66. The zero-order valence-corrected chi connectivity index (χ0v) is 11.2. The van der Waals surface area contributed by atoms with Gasteiger partial charge in [0, 0.05) is 18.3 Å². The van der Waals surface area contributed by atoms with E-state index in [1.807, 2.05) is 0 Å². The number of aryl methyl sites for hydroxylation is 1. The van der Waals surface area contributed by atoms with Gasteiger partial charge in [-0.05, 0) is 13.8 Å². The molecule has 0 bridgehead atoms. The maximum atomic E-state index is 12.1. The molecular weight excluding hydrogens is 268 g/mol. The molecule has 0 saturated carbocycles. The molecule has 6 nitrogen and oxygen atoms in total. The summed E-state index contributed by atoms with van der Waals surface area (Å²) in [6, 6.07) is 0. The third kappa shape index (κ3) is 2.12. The van der Waals surface area contributed by atoms with Crippen LogP contribution in [0.15, 0.2) is 27.9 Å². The number of rotatable bonds is 3. The molecule has 0 radical (unpaired) electrons. The molecule has 2 rings (SSSR count). The van der Waals surface area contributed by atoms with Crippen LogP contribution in [0.2, 0.25) is 0 Å². The Morgan fingerprint density at radius 2 is 2.16 bits per heavy atom. The summed E-state index contributed by atoms with van der Waals surface area (Å²) in [7, 11) is 0. The molecule has 0 amide bonds. The third-order valence-electron chi connectivity index (χ3n) is 2.73. The second-order valence-corrected chi connectivity index (χ2v) is 5.00. The summed E-state index contributed by atoms with van der Waals surface area (Å²) in [5, 5.41) is 8.95. The van der Waals surface area contributed by atoms with Gasteiger partial charge in [0.2, 0.25) is 0 Å². The lowest BCUT2D eigenvalue weighted by Gasteiger charge is -2.04. The number of carboxylic acid groups (broad SMARTS) is 1. The number of allylic oxidation sites excluding steroid dienone is 2. The van der Waals surface area contributed by atoms with Crippen LogP contribution in [0.3, 0.4) is 0 Å². The summed E-state index contributed by atoms with van der Waals surface area (Å²) in [5.74, 6) is -1.11. The van der Waals surface area contributed by atoms with Crippen molar-refractivity contribution in [1.82, 2.24) is 8.97 Å². The number of hydrogen-bond acceptors (Lipinski definition) is 4. The molecule has 0 aliphatic heterocycles. The van der Waals surface area contributed by atoms with E-state index in [0.717, 1.165) is 15.9 Å². The molecule has 7 heteroatoms. The molecule has 2 aromatic rings. The predicted octanol–water partition coefficient (Wildman–Crippen LogP) is 1.11. The highest BCUT2D eigenvalue weighted by atomic mass is 32.1. The minimum atomic E-state index is -1.11. The Morgan fingerprint density at radius 1 is 1.47 bits per heavy atom. The Kier molecular flexibility index (Phi) is 3.39. The van der Waals surface area contributed by atoms with Gasteiger partial charge in [-0.1, -0.05) is 12.2 Å². The van der Waals surface area contributed by atoms with E-state index in [1.54, 1.807) is 26.0 Å². The Hall–Kier alpha value is -2.15. The molecule has 0 aliphatic rings. The number of aromatic nitrogens is 2. The minimum Gasteiger partial charge on any atom is -0.477 e. The minimum absolute atomic E-state index is 0.0309. The van der Waals surface area contributed by atoms with Crippen molar-refractivity contribution in [3.8, 4) is 0 Å². The predicted molar refractivity (Wildman–Crippen MR) is 72.3 cm³/mol. The summed E-state index contributed by atoms with van der Waals surface area (Å²) >= 11 is 0.925. The smallest absolute Gasteiger partial charge is 0.347 e.